The molecule has 1 amide bonds. The van der Waals surface area contributed by atoms with Gasteiger partial charge in [0.1, 0.15) is 12.4 Å². The average Bonchev–Trinajstić information content (AvgIpc) is 2.50. The number of ether oxygens (including phenoxy) is 2. The molecule has 0 aromatic heterocycles. The number of nitrogens with zero attached hydrogens (tertiary/aromatic N) is 1. The summed E-state index contributed by atoms with van der Waals surface area (Å²) in [5.41, 5.74) is 5.44. The van der Waals surface area contributed by atoms with Crippen LogP contribution in [0.2, 0.25) is 0 Å². The third-order valence-corrected chi connectivity index (χ3v) is 3.00. The standard InChI is InChI=1S/C13H17N3O4/c1-8(12(14)16-18)6-15-13(17)11-7-19-9-4-2-3-5-10(9)20-11/h2-5,8,11,18H,6-7H2,1H3,(H2,14,16)(H,15,17). The molecule has 0 radical (unpaired) electrons. The number of rotatable bonds is 4. The maximum atomic E-state index is 12.0. The number of amidine groups is 1. The number of amides is 1. The SMILES string of the molecule is CC(CNC(=O)C1COc2ccccc2O1)C(N)=NO. The predicted molar refractivity (Wildman–Crippen MR) is 71.9 cm³/mol. The zero-order valence-electron chi connectivity index (χ0n) is 11.1. The summed E-state index contributed by atoms with van der Waals surface area (Å²) >= 11 is 0. The number of hydrogen-bond donors (Lipinski definition) is 3. The first-order chi connectivity index (χ1) is 9.61. The zero-order valence-corrected chi connectivity index (χ0v) is 11.1. The second kappa shape index (κ2) is 6.14. The number of carbonyl (C=O) groups excluding carboxylic acids is 1. The lowest BCUT2D eigenvalue weighted by molar-refractivity contribution is -0.130. The van der Waals surface area contributed by atoms with E-state index < -0.39 is 6.10 Å². The van der Waals surface area contributed by atoms with E-state index in [1.54, 1.807) is 19.1 Å². The summed E-state index contributed by atoms with van der Waals surface area (Å²) in [7, 11) is 0. The molecule has 1 aromatic carbocycles. The highest BCUT2D eigenvalue weighted by molar-refractivity contribution is 5.84. The van der Waals surface area contributed by atoms with Crippen molar-refractivity contribution in [3.8, 4) is 11.5 Å². The van der Waals surface area contributed by atoms with Crippen LogP contribution >= 0.6 is 0 Å². The second-order valence-electron chi connectivity index (χ2n) is 4.54. The van der Waals surface area contributed by atoms with Crippen LogP contribution in [0.15, 0.2) is 29.4 Å². The maximum absolute atomic E-state index is 12.0. The Kier molecular flexibility index (Phi) is 4.29. The van der Waals surface area contributed by atoms with Crippen LogP contribution in [0.5, 0.6) is 11.5 Å². The number of para-hydroxylation sites is 2. The Labute approximate surface area is 116 Å². The third-order valence-electron chi connectivity index (χ3n) is 3.00. The molecule has 0 bridgehead atoms. The Hall–Kier alpha value is -2.44. The van der Waals surface area contributed by atoms with E-state index >= 15 is 0 Å². The monoisotopic (exact) mass is 279 g/mol. The molecule has 2 atom stereocenters. The third kappa shape index (κ3) is 3.11. The van der Waals surface area contributed by atoms with Gasteiger partial charge in [-0.25, -0.2) is 0 Å². The molecule has 0 spiro atoms. The molecule has 1 aliphatic rings. The predicted octanol–water partition coefficient (Wildman–Crippen LogP) is 0.325. The van der Waals surface area contributed by atoms with E-state index in [9.17, 15) is 4.79 Å². The molecule has 2 unspecified atom stereocenters. The van der Waals surface area contributed by atoms with Gasteiger partial charge in [-0.3, -0.25) is 4.79 Å². The van der Waals surface area contributed by atoms with Gasteiger partial charge in [0.25, 0.3) is 5.91 Å². The highest BCUT2D eigenvalue weighted by atomic mass is 16.6. The Balaban J connectivity index is 1.89. The Morgan fingerprint density at radius 2 is 2.25 bits per heavy atom. The summed E-state index contributed by atoms with van der Waals surface area (Å²) in [6.07, 6.45) is -0.704. The lowest BCUT2D eigenvalue weighted by Crippen LogP contribution is -2.46. The highest BCUT2D eigenvalue weighted by Crippen LogP contribution is 2.30. The number of fused-ring (bicyclic) bond motifs is 1. The summed E-state index contributed by atoms with van der Waals surface area (Å²) in [4.78, 5) is 12.0. The van der Waals surface area contributed by atoms with E-state index in [1.807, 2.05) is 12.1 Å². The van der Waals surface area contributed by atoms with E-state index in [4.69, 9.17) is 20.4 Å². The molecule has 0 aliphatic carbocycles. The number of benzene rings is 1. The van der Waals surface area contributed by atoms with Crippen molar-refractivity contribution in [2.24, 2.45) is 16.8 Å². The van der Waals surface area contributed by atoms with Crippen LogP contribution in [0, 0.1) is 5.92 Å². The number of oxime groups is 1. The highest BCUT2D eigenvalue weighted by Gasteiger charge is 2.27. The van der Waals surface area contributed by atoms with Crippen molar-refractivity contribution < 1.29 is 19.5 Å². The first-order valence-corrected chi connectivity index (χ1v) is 6.25. The van der Waals surface area contributed by atoms with Crippen molar-refractivity contribution >= 4 is 11.7 Å². The van der Waals surface area contributed by atoms with Crippen molar-refractivity contribution in [3.05, 3.63) is 24.3 Å². The summed E-state index contributed by atoms with van der Waals surface area (Å²) in [5.74, 6) is 0.680. The lowest BCUT2D eigenvalue weighted by atomic mass is 10.1. The molecular weight excluding hydrogens is 262 g/mol. The van der Waals surface area contributed by atoms with Crippen LogP contribution in [0.25, 0.3) is 0 Å². The smallest absolute Gasteiger partial charge is 0.264 e. The van der Waals surface area contributed by atoms with Gasteiger partial charge in [-0.15, -0.1) is 0 Å². The molecule has 1 heterocycles. The van der Waals surface area contributed by atoms with Crippen molar-refractivity contribution in [1.29, 1.82) is 0 Å². The summed E-state index contributed by atoms with van der Waals surface area (Å²) in [5, 5.41) is 14.1. The summed E-state index contributed by atoms with van der Waals surface area (Å²) in [6.45, 7) is 2.15. The van der Waals surface area contributed by atoms with E-state index in [-0.39, 0.29) is 30.8 Å². The fourth-order valence-electron chi connectivity index (χ4n) is 1.72. The molecule has 7 heteroatoms. The maximum Gasteiger partial charge on any atom is 0.264 e. The second-order valence-corrected chi connectivity index (χ2v) is 4.54. The van der Waals surface area contributed by atoms with Gasteiger partial charge in [0.05, 0.1) is 0 Å². The van der Waals surface area contributed by atoms with Gasteiger partial charge in [-0.2, -0.15) is 0 Å². The van der Waals surface area contributed by atoms with Gasteiger partial charge < -0.3 is 25.7 Å². The van der Waals surface area contributed by atoms with E-state index in [0.717, 1.165) is 0 Å². The lowest BCUT2D eigenvalue weighted by Gasteiger charge is -2.25. The molecular formula is C13H17N3O4. The van der Waals surface area contributed by atoms with Gasteiger partial charge in [0.2, 0.25) is 6.10 Å². The molecule has 20 heavy (non-hydrogen) atoms. The Morgan fingerprint density at radius 1 is 1.55 bits per heavy atom. The minimum Gasteiger partial charge on any atom is -0.485 e. The van der Waals surface area contributed by atoms with Crippen LogP contribution in [0.3, 0.4) is 0 Å². The number of carbonyl (C=O) groups is 1. The molecule has 1 aromatic rings. The van der Waals surface area contributed by atoms with Crippen molar-refractivity contribution in [1.82, 2.24) is 5.32 Å². The van der Waals surface area contributed by atoms with Crippen LogP contribution in [-0.4, -0.2) is 36.2 Å². The molecule has 2 rings (SSSR count). The van der Waals surface area contributed by atoms with E-state index in [1.165, 1.54) is 0 Å². The molecule has 0 saturated heterocycles. The molecule has 1 aliphatic heterocycles. The van der Waals surface area contributed by atoms with Crippen molar-refractivity contribution in [2.75, 3.05) is 13.2 Å². The number of nitrogens with one attached hydrogen (secondary N) is 1. The van der Waals surface area contributed by atoms with Gasteiger partial charge in [-0.05, 0) is 12.1 Å². The zero-order chi connectivity index (χ0) is 14.5. The average molecular weight is 279 g/mol. The fourth-order valence-corrected chi connectivity index (χ4v) is 1.72. The van der Waals surface area contributed by atoms with E-state index in [0.29, 0.717) is 11.5 Å². The largest absolute Gasteiger partial charge is 0.485 e. The fraction of sp³-hybridized carbons (Fsp3) is 0.385. The summed E-state index contributed by atoms with van der Waals surface area (Å²) < 4.78 is 11.0. The molecule has 0 saturated carbocycles. The Bertz CT molecular complexity index is 518. The molecule has 0 fully saturated rings. The van der Waals surface area contributed by atoms with Crippen LogP contribution in [0.4, 0.5) is 0 Å². The quantitative estimate of drug-likeness (QED) is 0.318. The van der Waals surface area contributed by atoms with Crippen LogP contribution < -0.4 is 20.5 Å². The number of hydrogen-bond acceptors (Lipinski definition) is 5. The normalized spacial score (nSPS) is 19.2. The molecule has 4 N–H and O–H groups in total. The van der Waals surface area contributed by atoms with Crippen LogP contribution in [0.1, 0.15) is 6.92 Å². The topological polar surface area (TPSA) is 106 Å². The van der Waals surface area contributed by atoms with Crippen molar-refractivity contribution in [2.45, 2.75) is 13.0 Å². The molecule has 7 nitrogen and oxygen atoms in total. The van der Waals surface area contributed by atoms with Gasteiger partial charge >= 0.3 is 0 Å². The Morgan fingerprint density at radius 3 is 2.95 bits per heavy atom. The summed E-state index contributed by atoms with van der Waals surface area (Å²) in [6, 6.07) is 7.17. The first kappa shape index (κ1) is 14.0. The molecule has 108 valence electrons. The van der Waals surface area contributed by atoms with Crippen LogP contribution in [-0.2, 0) is 4.79 Å². The van der Waals surface area contributed by atoms with Gasteiger partial charge in [0.15, 0.2) is 11.5 Å². The minimum atomic E-state index is -0.704. The minimum absolute atomic E-state index is 0.0662. The first-order valence-electron chi connectivity index (χ1n) is 6.25. The number of nitrogens with two attached hydrogens (primary N) is 1. The van der Waals surface area contributed by atoms with Crippen molar-refractivity contribution in [3.63, 3.8) is 0 Å². The van der Waals surface area contributed by atoms with Gasteiger partial charge in [-0.1, -0.05) is 24.2 Å². The van der Waals surface area contributed by atoms with Gasteiger partial charge in [0, 0.05) is 12.5 Å². The van der Waals surface area contributed by atoms with E-state index in [2.05, 4.69) is 10.5 Å².